The zero-order valence-corrected chi connectivity index (χ0v) is 28.4. The Hall–Kier alpha value is -2.64. The highest BCUT2D eigenvalue weighted by molar-refractivity contribution is 7.79. The molecule has 0 aliphatic carbocycles. The van der Waals surface area contributed by atoms with E-state index in [-0.39, 0.29) is 29.8 Å². The van der Waals surface area contributed by atoms with Crippen molar-refractivity contribution in [2.24, 2.45) is 5.92 Å². The van der Waals surface area contributed by atoms with Crippen LogP contribution in [-0.4, -0.2) is 93.0 Å². The number of aliphatic hydroxyl groups is 2. The Kier molecular flexibility index (Phi) is 13.5. The monoisotopic (exact) mass is 646 g/mol. The van der Waals surface area contributed by atoms with Crippen molar-refractivity contribution in [3.8, 4) is 0 Å². The third-order valence-corrected chi connectivity index (χ3v) is 9.03. The second kappa shape index (κ2) is 16.6. The number of aromatic nitrogens is 1. The van der Waals surface area contributed by atoms with E-state index < -0.39 is 29.4 Å². The van der Waals surface area contributed by atoms with Crippen molar-refractivity contribution < 1.29 is 19.8 Å². The van der Waals surface area contributed by atoms with Crippen LogP contribution in [0.25, 0.3) is 0 Å². The number of rotatable bonds is 14. The van der Waals surface area contributed by atoms with Gasteiger partial charge in [0.2, 0.25) is 11.8 Å². The number of nitrogens with one attached hydrogen (secondary N) is 4. The molecule has 5 unspecified atom stereocenters. The summed E-state index contributed by atoms with van der Waals surface area (Å²) in [5.41, 5.74) is 1.55. The van der Waals surface area contributed by atoms with E-state index in [0.29, 0.717) is 44.8 Å². The molecule has 2 heterocycles. The Labute approximate surface area is 271 Å². The lowest BCUT2D eigenvalue weighted by atomic mass is 9.93. The molecule has 1 aliphatic rings. The van der Waals surface area contributed by atoms with Gasteiger partial charge in [0.15, 0.2) is 0 Å². The molecule has 0 saturated carbocycles. The molecule has 244 valence electrons. The summed E-state index contributed by atoms with van der Waals surface area (Å²) in [5.74, 6) is -0.305. The molecule has 1 saturated heterocycles. The summed E-state index contributed by atoms with van der Waals surface area (Å²) in [4.78, 5) is 33.6. The molecule has 6 N–H and O–H groups in total. The van der Waals surface area contributed by atoms with Crippen LogP contribution in [0.15, 0.2) is 35.7 Å². The number of thiocarbonyl (C=S) groups is 1. The summed E-state index contributed by atoms with van der Waals surface area (Å²) in [6.07, 6.45) is 0.751. The summed E-state index contributed by atoms with van der Waals surface area (Å²) in [6, 6.07) is 7.75. The number of amides is 2. The van der Waals surface area contributed by atoms with Gasteiger partial charge in [0.1, 0.15) is 12.1 Å². The van der Waals surface area contributed by atoms with Crippen LogP contribution < -0.4 is 21.3 Å². The SMILES string of the molecule is CC(C)c1nc(CCC(C)C(NC(O)=S)C(=O)NC(Cc2ccccc2)C(O)CN2CCNCC2C(=O)NC(C)(C)C)cs1. The van der Waals surface area contributed by atoms with Crippen molar-refractivity contribution >= 4 is 40.5 Å². The van der Waals surface area contributed by atoms with Gasteiger partial charge in [0, 0.05) is 43.0 Å². The van der Waals surface area contributed by atoms with Gasteiger partial charge in [-0.2, -0.15) is 0 Å². The Morgan fingerprint density at radius 3 is 2.50 bits per heavy atom. The smallest absolute Gasteiger partial charge is 0.254 e. The van der Waals surface area contributed by atoms with Gasteiger partial charge in [0.25, 0.3) is 5.17 Å². The summed E-state index contributed by atoms with van der Waals surface area (Å²) in [6.45, 7) is 13.9. The second-order valence-corrected chi connectivity index (χ2v) is 14.4. The first-order chi connectivity index (χ1) is 20.7. The first-order valence-corrected chi connectivity index (χ1v) is 16.7. The van der Waals surface area contributed by atoms with Crippen LogP contribution in [0.4, 0.5) is 0 Å². The number of benzene rings is 1. The number of aryl methyl sites for hydroxylation is 1. The van der Waals surface area contributed by atoms with E-state index in [0.717, 1.165) is 16.3 Å². The number of hydrogen-bond donors (Lipinski definition) is 6. The number of carbonyl (C=O) groups excluding carboxylic acids is 2. The average Bonchev–Trinajstić information content (AvgIpc) is 3.43. The van der Waals surface area contributed by atoms with E-state index in [1.807, 2.05) is 62.9 Å². The maximum atomic E-state index is 13.8. The molecule has 0 bridgehead atoms. The lowest BCUT2D eigenvalue weighted by Gasteiger charge is -2.39. The van der Waals surface area contributed by atoms with E-state index in [1.54, 1.807) is 11.3 Å². The van der Waals surface area contributed by atoms with Gasteiger partial charge in [-0.15, -0.1) is 11.3 Å². The molecule has 3 rings (SSSR count). The van der Waals surface area contributed by atoms with Crippen molar-refractivity contribution in [3.63, 3.8) is 0 Å². The molecule has 12 heteroatoms. The molecule has 44 heavy (non-hydrogen) atoms. The number of hydrogen-bond acceptors (Lipinski definition) is 8. The van der Waals surface area contributed by atoms with Gasteiger partial charge in [-0.05, 0) is 63.7 Å². The standard InChI is InChI=1S/C32H50N6O4S2/c1-20(2)30-34-23(19-44-30)13-12-21(3)27(36-31(42)43)29(41)35-24(16-22-10-8-7-9-11-22)26(39)18-38-15-14-33-17-25(38)28(40)37-32(4,5)6/h7-11,19-21,24-27,33,39H,12-18H2,1-6H3,(H,35,41)(H,37,40)(H2,36,42,43). The lowest BCUT2D eigenvalue weighted by molar-refractivity contribution is -0.130. The normalized spacial score (nSPS) is 18.7. The van der Waals surface area contributed by atoms with Crippen LogP contribution in [0.3, 0.4) is 0 Å². The van der Waals surface area contributed by atoms with E-state index in [9.17, 15) is 19.8 Å². The number of aliphatic hydroxyl groups excluding tert-OH is 2. The van der Waals surface area contributed by atoms with Crippen LogP contribution >= 0.6 is 23.6 Å². The van der Waals surface area contributed by atoms with Crippen molar-refractivity contribution in [1.29, 1.82) is 0 Å². The minimum absolute atomic E-state index is 0.101. The molecule has 2 aromatic rings. The van der Waals surface area contributed by atoms with Crippen molar-refractivity contribution in [2.45, 2.75) is 96.5 Å². The number of thiazole rings is 1. The van der Waals surface area contributed by atoms with E-state index in [4.69, 9.17) is 17.2 Å². The second-order valence-electron chi connectivity index (χ2n) is 13.1. The number of piperazine rings is 1. The predicted molar refractivity (Wildman–Crippen MR) is 180 cm³/mol. The average molecular weight is 647 g/mol. The molecule has 1 aromatic heterocycles. The molecule has 1 aromatic carbocycles. The van der Waals surface area contributed by atoms with Crippen LogP contribution in [-0.2, 0) is 22.4 Å². The maximum Gasteiger partial charge on any atom is 0.254 e. The van der Waals surface area contributed by atoms with E-state index in [1.165, 1.54) is 0 Å². The maximum absolute atomic E-state index is 13.8. The molecule has 5 atom stereocenters. The van der Waals surface area contributed by atoms with Crippen molar-refractivity contribution in [3.05, 3.63) is 52.0 Å². The highest BCUT2D eigenvalue weighted by Crippen LogP contribution is 2.22. The summed E-state index contributed by atoms with van der Waals surface area (Å²) >= 11 is 6.57. The minimum atomic E-state index is -0.969. The zero-order valence-electron chi connectivity index (χ0n) is 26.8. The quantitative estimate of drug-likeness (QED) is 0.171. The Morgan fingerprint density at radius 2 is 1.89 bits per heavy atom. The van der Waals surface area contributed by atoms with Gasteiger partial charge in [-0.3, -0.25) is 14.5 Å². The molecular formula is C32H50N6O4S2. The highest BCUT2D eigenvalue weighted by Gasteiger charge is 2.35. The molecule has 0 spiro atoms. The lowest BCUT2D eigenvalue weighted by Crippen LogP contribution is -2.63. The van der Waals surface area contributed by atoms with Gasteiger partial charge >= 0.3 is 0 Å². The Bertz CT molecular complexity index is 1220. The first kappa shape index (κ1) is 35.8. The van der Waals surface area contributed by atoms with E-state index >= 15 is 0 Å². The third kappa shape index (κ3) is 11.4. The summed E-state index contributed by atoms with van der Waals surface area (Å²) in [7, 11) is 0. The van der Waals surface area contributed by atoms with Gasteiger partial charge in [0.05, 0.1) is 22.8 Å². The number of β-amino-alcohol motifs (C(OH)–C–C–N with tert-alkyl or cyclic N) is 1. The molecule has 1 fully saturated rings. The molecular weight excluding hydrogens is 597 g/mol. The van der Waals surface area contributed by atoms with Crippen LogP contribution in [0.2, 0.25) is 0 Å². The van der Waals surface area contributed by atoms with E-state index in [2.05, 4.69) is 40.5 Å². The van der Waals surface area contributed by atoms with Crippen molar-refractivity contribution in [1.82, 2.24) is 31.2 Å². The number of carbonyl (C=O) groups is 2. The fourth-order valence-corrected chi connectivity index (χ4v) is 6.31. The fraction of sp³-hybridized carbons (Fsp3) is 0.625. The summed E-state index contributed by atoms with van der Waals surface area (Å²) < 4.78 is 0. The highest BCUT2D eigenvalue weighted by atomic mass is 32.1. The molecule has 1 aliphatic heterocycles. The third-order valence-electron chi connectivity index (χ3n) is 7.72. The molecule has 0 radical (unpaired) electrons. The van der Waals surface area contributed by atoms with Crippen LogP contribution in [0.5, 0.6) is 0 Å². The van der Waals surface area contributed by atoms with Crippen LogP contribution in [0.1, 0.15) is 70.1 Å². The number of nitrogens with zero attached hydrogens (tertiary/aromatic N) is 2. The zero-order chi connectivity index (χ0) is 32.4. The predicted octanol–water partition coefficient (Wildman–Crippen LogP) is 2.91. The Balaban J connectivity index is 1.76. The topological polar surface area (TPSA) is 139 Å². The Morgan fingerprint density at radius 1 is 1.18 bits per heavy atom. The van der Waals surface area contributed by atoms with Crippen molar-refractivity contribution in [2.75, 3.05) is 26.2 Å². The summed E-state index contributed by atoms with van der Waals surface area (Å²) in [5, 5.41) is 36.4. The first-order valence-electron chi connectivity index (χ1n) is 15.5. The largest absolute Gasteiger partial charge is 0.487 e. The van der Waals surface area contributed by atoms with Gasteiger partial charge < -0.3 is 31.5 Å². The fourth-order valence-electron chi connectivity index (χ4n) is 5.31. The van der Waals surface area contributed by atoms with Gasteiger partial charge in [-0.25, -0.2) is 4.98 Å². The minimum Gasteiger partial charge on any atom is -0.487 e. The molecule has 10 nitrogen and oxygen atoms in total. The van der Waals surface area contributed by atoms with Gasteiger partial charge in [-0.1, -0.05) is 51.1 Å². The van der Waals surface area contributed by atoms with Crippen LogP contribution in [0, 0.1) is 5.92 Å². The molecule has 2 amide bonds.